The van der Waals surface area contributed by atoms with Crippen LogP contribution in [0.25, 0.3) is 10.8 Å². The molecule has 6 heteroatoms. The van der Waals surface area contributed by atoms with Crippen LogP contribution in [0.1, 0.15) is 19.3 Å². The first kappa shape index (κ1) is 17.8. The molecule has 2 fully saturated rings. The highest BCUT2D eigenvalue weighted by Gasteiger charge is 2.47. The maximum Gasteiger partial charge on any atom is 0.341 e. The molecule has 0 spiro atoms. The number of amides is 1. The summed E-state index contributed by atoms with van der Waals surface area (Å²) in [5.41, 5.74) is 0.732. The van der Waals surface area contributed by atoms with Crippen LogP contribution in [0, 0.1) is 17.8 Å². The van der Waals surface area contributed by atoms with Crippen molar-refractivity contribution in [3.8, 4) is 5.75 Å². The molecule has 1 saturated carbocycles. The number of carboxylic acid groups (broad SMARTS) is 1. The maximum absolute atomic E-state index is 12.7. The average Bonchev–Trinajstić information content (AvgIpc) is 3.49. The molecule has 2 aliphatic rings. The predicted molar refractivity (Wildman–Crippen MR) is 101 cm³/mol. The molecule has 0 radical (unpaired) electrons. The molecule has 2 atom stereocenters. The Morgan fingerprint density at radius 2 is 1.85 bits per heavy atom. The van der Waals surface area contributed by atoms with E-state index in [-0.39, 0.29) is 11.8 Å². The molecule has 6 nitrogen and oxygen atoms in total. The third-order valence-corrected chi connectivity index (χ3v) is 5.54. The van der Waals surface area contributed by atoms with Crippen molar-refractivity contribution in [2.75, 3.05) is 25.1 Å². The summed E-state index contributed by atoms with van der Waals surface area (Å²) in [5, 5.41) is 13.5. The number of nitrogens with one attached hydrogen (secondary N) is 1. The number of hydrogen-bond donors (Lipinski definition) is 2. The lowest BCUT2D eigenvalue weighted by atomic mass is 9.93. The summed E-state index contributed by atoms with van der Waals surface area (Å²) in [6, 6.07) is 11.0. The SMILES string of the molecule is O=C(O)COc1ccc(NC(=O)[C@@H]2C[C@H]2C2CCOCC2)c2ccccc12. The van der Waals surface area contributed by atoms with Crippen LogP contribution in [0.15, 0.2) is 36.4 Å². The van der Waals surface area contributed by atoms with E-state index in [1.165, 1.54) is 0 Å². The van der Waals surface area contributed by atoms with Gasteiger partial charge < -0.3 is 19.9 Å². The molecule has 2 aromatic rings. The van der Waals surface area contributed by atoms with Gasteiger partial charge in [0.25, 0.3) is 0 Å². The van der Waals surface area contributed by atoms with Crippen molar-refractivity contribution in [3.63, 3.8) is 0 Å². The molecule has 142 valence electrons. The van der Waals surface area contributed by atoms with E-state index in [1.807, 2.05) is 24.3 Å². The van der Waals surface area contributed by atoms with Crippen LogP contribution >= 0.6 is 0 Å². The summed E-state index contributed by atoms with van der Waals surface area (Å²) in [5.74, 6) is 0.684. The van der Waals surface area contributed by atoms with Crippen molar-refractivity contribution < 1.29 is 24.2 Å². The molecule has 1 heterocycles. The summed E-state index contributed by atoms with van der Waals surface area (Å²) < 4.78 is 10.8. The van der Waals surface area contributed by atoms with Crippen LogP contribution in [0.5, 0.6) is 5.75 Å². The highest BCUT2D eigenvalue weighted by molar-refractivity contribution is 6.05. The Balaban J connectivity index is 1.48. The van der Waals surface area contributed by atoms with Gasteiger partial charge in [-0.25, -0.2) is 4.79 Å². The van der Waals surface area contributed by atoms with Crippen LogP contribution in [-0.2, 0) is 14.3 Å². The summed E-state index contributed by atoms with van der Waals surface area (Å²) >= 11 is 0. The number of rotatable bonds is 6. The van der Waals surface area contributed by atoms with Gasteiger partial charge in [0.1, 0.15) is 5.75 Å². The predicted octanol–water partition coefficient (Wildman–Crippen LogP) is 3.30. The summed E-state index contributed by atoms with van der Waals surface area (Å²) in [7, 11) is 0. The van der Waals surface area contributed by atoms with Gasteiger partial charge in [-0.15, -0.1) is 0 Å². The lowest BCUT2D eigenvalue weighted by Gasteiger charge is -2.22. The molecule has 1 aliphatic carbocycles. The highest BCUT2D eigenvalue weighted by Crippen LogP contribution is 2.48. The van der Waals surface area contributed by atoms with Crippen LogP contribution in [0.3, 0.4) is 0 Å². The summed E-state index contributed by atoms with van der Waals surface area (Å²) in [4.78, 5) is 23.5. The van der Waals surface area contributed by atoms with E-state index < -0.39 is 12.6 Å². The monoisotopic (exact) mass is 369 g/mol. The second-order valence-electron chi connectivity index (χ2n) is 7.28. The maximum atomic E-state index is 12.7. The second kappa shape index (κ2) is 7.56. The molecule has 1 saturated heterocycles. The number of hydrogen-bond acceptors (Lipinski definition) is 4. The van der Waals surface area contributed by atoms with Gasteiger partial charge >= 0.3 is 5.97 Å². The highest BCUT2D eigenvalue weighted by atomic mass is 16.5. The quantitative estimate of drug-likeness (QED) is 0.816. The fourth-order valence-electron chi connectivity index (χ4n) is 4.05. The lowest BCUT2D eigenvalue weighted by molar-refractivity contribution is -0.139. The molecule has 4 rings (SSSR count). The van der Waals surface area contributed by atoms with Gasteiger partial charge in [-0.3, -0.25) is 4.79 Å². The normalized spacial score (nSPS) is 22.4. The second-order valence-corrected chi connectivity index (χ2v) is 7.28. The zero-order valence-electron chi connectivity index (χ0n) is 15.0. The van der Waals surface area contributed by atoms with Gasteiger partial charge in [0.05, 0.1) is 0 Å². The number of carboxylic acids is 1. The fraction of sp³-hybridized carbons (Fsp3) is 0.429. The molecule has 27 heavy (non-hydrogen) atoms. The lowest BCUT2D eigenvalue weighted by Crippen LogP contribution is -2.21. The third kappa shape index (κ3) is 3.90. The number of benzene rings is 2. The first-order valence-corrected chi connectivity index (χ1v) is 9.38. The molecule has 0 unspecified atom stereocenters. The largest absolute Gasteiger partial charge is 0.481 e. The Labute approximate surface area is 157 Å². The van der Waals surface area contributed by atoms with Gasteiger partial charge in [-0.2, -0.15) is 0 Å². The van der Waals surface area contributed by atoms with E-state index >= 15 is 0 Å². The van der Waals surface area contributed by atoms with Crippen molar-refractivity contribution >= 4 is 28.3 Å². The third-order valence-electron chi connectivity index (χ3n) is 5.54. The van der Waals surface area contributed by atoms with Gasteiger partial charge in [-0.05, 0) is 43.2 Å². The zero-order valence-corrected chi connectivity index (χ0v) is 15.0. The Kier molecular flexibility index (Phi) is 4.99. The number of carbonyl (C=O) groups is 2. The Bertz CT molecular complexity index is 859. The van der Waals surface area contributed by atoms with Gasteiger partial charge in [0.15, 0.2) is 6.61 Å². The molecular weight excluding hydrogens is 346 g/mol. The van der Waals surface area contributed by atoms with E-state index in [9.17, 15) is 9.59 Å². The van der Waals surface area contributed by atoms with Gasteiger partial charge in [0, 0.05) is 35.6 Å². The van der Waals surface area contributed by atoms with Crippen molar-refractivity contribution in [2.24, 2.45) is 17.8 Å². The average molecular weight is 369 g/mol. The number of anilines is 1. The van der Waals surface area contributed by atoms with Crippen molar-refractivity contribution in [1.29, 1.82) is 0 Å². The van der Waals surface area contributed by atoms with E-state index in [0.717, 1.165) is 48.9 Å². The first-order chi connectivity index (χ1) is 13.1. The molecule has 1 amide bonds. The summed E-state index contributed by atoms with van der Waals surface area (Å²) in [6.45, 7) is 1.21. The number of ether oxygens (including phenoxy) is 2. The smallest absolute Gasteiger partial charge is 0.341 e. The van der Waals surface area contributed by atoms with Crippen LogP contribution in [0.4, 0.5) is 5.69 Å². The molecule has 2 N–H and O–H groups in total. The summed E-state index contributed by atoms with van der Waals surface area (Å²) in [6.07, 6.45) is 3.05. The number of fused-ring (bicyclic) bond motifs is 1. The van der Waals surface area contributed by atoms with Crippen LogP contribution < -0.4 is 10.1 Å². The Morgan fingerprint density at radius 3 is 2.59 bits per heavy atom. The van der Waals surface area contributed by atoms with E-state index in [0.29, 0.717) is 17.6 Å². The topological polar surface area (TPSA) is 84.9 Å². The van der Waals surface area contributed by atoms with Crippen LogP contribution in [0.2, 0.25) is 0 Å². The van der Waals surface area contributed by atoms with Gasteiger partial charge in [-0.1, -0.05) is 24.3 Å². The molecular formula is C21H23NO5. The van der Waals surface area contributed by atoms with Crippen molar-refractivity contribution in [2.45, 2.75) is 19.3 Å². The number of aliphatic carboxylic acids is 1. The standard InChI is InChI=1S/C21H23NO5/c23-20(24)12-27-19-6-5-18(14-3-1-2-4-15(14)19)22-21(25)17-11-16(17)13-7-9-26-10-8-13/h1-6,13,16-17H,7-12H2,(H,22,25)(H,23,24)/t16-,17+/m0/s1. The van der Waals surface area contributed by atoms with Crippen LogP contribution in [-0.4, -0.2) is 36.8 Å². The minimum absolute atomic E-state index is 0.0656. The van der Waals surface area contributed by atoms with Gasteiger partial charge in [0.2, 0.25) is 5.91 Å². The van der Waals surface area contributed by atoms with E-state index in [2.05, 4.69) is 5.32 Å². The minimum Gasteiger partial charge on any atom is -0.481 e. The van der Waals surface area contributed by atoms with Crippen molar-refractivity contribution in [1.82, 2.24) is 0 Å². The number of carbonyl (C=O) groups excluding carboxylic acids is 1. The van der Waals surface area contributed by atoms with E-state index in [4.69, 9.17) is 14.6 Å². The first-order valence-electron chi connectivity index (χ1n) is 9.38. The zero-order chi connectivity index (χ0) is 18.8. The van der Waals surface area contributed by atoms with E-state index in [1.54, 1.807) is 12.1 Å². The Morgan fingerprint density at radius 1 is 1.11 bits per heavy atom. The minimum atomic E-state index is -1.02. The van der Waals surface area contributed by atoms with Crippen molar-refractivity contribution in [3.05, 3.63) is 36.4 Å². The molecule has 2 aromatic carbocycles. The molecule has 0 bridgehead atoms. The Hall–Kier alpha value is -2.60. The fourth-order valence-corrected chi connectivity index (χ4v) is 4.05. The molecule has 0 aromatic heterocycles. The molecule has 1 aliphatic heterocycles.